The van der Waals surface area contributed by atoms with Crippen molar-refractivity contribution in [3.63, 3.8) is 0 Å². The van der Waals surface area contributed by atoms with E-state index >= 15 is 0 Å². The highest BCUT2D eigenvalue weighted by Gasteiger charge is 2.41. The number of rotatable bonds is 2. The Morgan fingerprint density at radius 3 is 3.11 bits per heavy atom. The van der Waals surface area contributed by atoms with Gasteiger partial charge in [0.25, 0.3) is 0 Å². The van der Waals surface area contributed by atoms with E-state index < -0.39 is 0 Å². The van der Waals surface area contributed by atoms with E-state index in [9.17, 15) is 4.79 Å². The lowest BCUT2D eigenvalue weighted by atomic mass is 9.81. The molecule has 4 heteroatoms. The third-order valence-electron chi connectivity index (χ3n) is 4.50. The SMILES string of the molecule is CC1(C(=O)N2CCCC2c2cccs2)CCCNC1. The van der Waals surface area contributed by atoms with Gasteiger partial charge in [-0.05, 0) is 50.6 Å². The number of carbonyl (C=O) groups excluding carboxylic acids is 1. The van der Waals surface area contributed by atoms with Crippen LogP contribution >= 0.6 is 11.3 Å². The number of nitrogens with one attached hydrogen (secondary N) is 1. The first-order valence-corrected chi connectivity index (χ1v) is 8.14. The monoisotopic (exact) mass is 278 g/mol. The fraction of sp³-hybridized carbons (Fsp3) is 0.667. The number of nitrogens with zero attached hydrogens (tertiary/aromatic N) is 1. The van der Waals surface area contributed by atoms with Crippen molar-refractivity contribution in [2.24, 2.45) is 5.41 Å². The number of amides is 1. The van der Waals surface area contributed by atoms with Gasteiger partial charge in [-0.15, -0.1) is 11.3 Å². The second-order valence-corrected chi connectivity index (χ2v) is 6.99. The van der Waals surface area contributed by atoms with Crippen LogP contribution < -0.4 is 5.32 Å². The van der Waals surface area contributed by atoms with Crippen molar-refractivity contribution in [3.05, 3.63) is 22.4 Å². The van der Waals surface area contributed by atoms with Gasteiger partial charge in [-0.25, -0.2) is 0 Å². The molecule has 0 bridgehead atoms. The molecule has 2 saturated heterocycles. The third-order valence-corrected chi connectivity index (χ3v) is 5.47. The predicted octanol–water partition coefficient (Wildman–Crippen LogP) is 2.80. The van der Waals surface area contributed by atoms with Gasteiger partial charge in [-0.3, -0.25) is 4.79 Å². The molecule has 2 fully saturated rings. The van der Waals surface area contributed by atoms with Gasteiger partial charge in [0.15, 0.2) is 0 Å². The second kappa shape index (κ2) is 5.25. The lowest BCUT2D eigenvalue weighted by molar-refractivity contribution is -0.143. The van der Waals surface area contributed by atoms with Crippen LogP contribution in [-0.4, -0.2) is 30.4 Å². The van der Waals surface area contributed by atoms with Gasteiger partial charge in [-0.1, -0.05) is 6.07 Å². The van der Waals surface area contributed by atoms with Crippen LogP contribution in [0.4, 0.5) is 0 Å². The van der Waals surface area contributed by atoms with Crippen LogP contribution in [0.5, 0.6) is 0 Å². The maximum Gasteiger partial charge on any atom is 0.230 e. The Hall–Kier alpha value is -0.870. The summed E-state index contributed by atoms with van der Waals surface area (Å²) >= 11 is 1.78. The minimum absolute atomic E-state index is 0.196. The molecule has 3 nitrogen and oxygen atoms in total. The summed E-state index contributed by atoms with van der Waals surface area (Å²) in [6.45, 7) is 4.94. The number of hydrogen-bond donors (Lipinski definition) is 1. The molecule has 0 aromatic carbocycles. The fourth-order valence-corrected chi connectivity index (χ4v) is 4.25. The standard InChI is InChI=1S/C15H22N2OS/c1-15(7-4-8-16-11-15)14(18)17-9-2-5-12(17)13-6-3-10-19-13/h3,6,10,12,16H,2,4-5,7-9,11H2,1H3. The number of likely N-dealkylation sites (tertiary alicyclic amines) is 1. The van der Waals surface area contributed by atoms with Gasteiger partial charge in [0, 0.05) is 18.0 Å². The molecule has 0 spiro atoms. The Morgan fingerprint density at radius 1 is 1.53 bits per heavy atom. The maximum atomic E-state index is 12.9. The molecule has 104 valence electrons. The van der Waals surface area contributed by atoms with Crippen LogP contribution in [0.3, 0.4) is 0 Å². The normalized spacial score (nSPS) is 31.6. The van der Waals surface area contributed by atoms with Gasteiger partial charge < -0.3 is 10.2 Å². The van der Waals surface area contributed by atoms with Crippen LogP contribution in [0.15, 0.2) is 17.5 Å². The predicted molar refractivity (Wildman–Crippen MR) is 78.2 cm³/mol. The number of hydrogen-bond acceptors (Lipinski definition) is 3. The van der Waals surface area contributed by atoms with Crippen molar-refractivity contribution in [2.75, 3.05) is 19.6 Å². The minimum Gasteiger partial charge on any atom is -0.334 e. The summed E-state index contributed by atoms with van der Waals surface area (Å²) < 4.78 is 0. The summed E-state index contributed by atoms with van der Waals surface area (Å²) in [4.78, 5) is 16.4. The molecule has 0 saturated carbocycles. The topological polar surface area (TPSA) is 32.3 Å². The van der Waals surface area contributed by atoms with Crippen molar-refractivity contribution in [1.29, 1.82) is 0 Å². The molecule has 1 amide bonds. The Balaban J connectivity index is 1.78. The van der Waals surface area contributed by atoms with Gasteiger partial charge in [-0.2, -0.15) is 0 Å². The lowest BCUT2D eigenvalue weighted by Gasteiger charge is -2.38. The average molecular weight is 278 g/mol. The average Bonchev–Trinajstić information content (AvgIpc) is 3.09. The minimum atomic E-state index is -0.196. The molecule has 0 aliphatic carbocycles. The van der Waals surface area contributed by atoms with Crippen LogP contribution in [0.2, 0.25) is 0 Å². The van der Waals surface area contributed by atoms with Crippen molar-refractivity contribution in [3.8, 4) is 0 Å². The van der Waals surface area contributed by atoms with E-state index in [-0.39, 0.29) is 5.41 Å². The van der Waals surface area contributed by atoms with Crippen molar-refractivity contribution in [2.45, 2.75) is 38.6 Å². The van der Waals surface area contributed by atoms with Crippen LogP contribution in [0.1, 0.15) is 43.5 Å². The number of piperidine rings is 1. The molecule has 19 heavy (non-hydrogen) atoms. The number of carbonyl (C=O) groups is 1. The summed E-state index contributed by atoms with van der Waals surface area (Å²) in [6.07, 6.45) is 4.39. The second-order valence-electron chi connectivity index (χ2n) is 6.01. The van der Waals surface area contributed by atoms with E-state index in [4.69, 9.17) is 0 Å². The Bertz CT molecular complexity index is 437. The molecule has 2 atom stereocenters. The molecule has 1 N–H and O–H groups in total. The molecule has 0 radical (unpaired) electrons. The summed E-state index contributed by atoms with van der Waals surface area (Å²) in [7, 11) is 0. The molecule has 2 aliphatic rings. The van der Waals surface area contributed by atoms with E-state index in [1.54, 1.807) is 11.3 Å². The third kappa shape index (κ3) is 2.43. The fourth-order valence-electron chi connectivity index (χ4n) is 3.37. The highest BCUT2D eigenvalue weighted by atomic mass is 32.1. The van der Waals surface area contributed by atoms with Crippen molar-refractivity contribution in [1.82, 2.24) is 10.2 Å². The summed E-state index contributed by atoms with van der Waals surface area (Å²) in [6, 6.07) is 4.58. The summed E-state index contributed by atoms with van der Waals surface area (Å²) in [5.41, 5.74) is -0.196. The molecule has 2 unspecified atom stereocenters. The first kappa shape index (κ1) is 13.1. The number of thiophene rings is 1. The molecule has 1 aromatic rings. The van der Waals surface area contributed by atoms with Crippen molar-refractivity contribution >= 4 is 17.2 Å². The van der Waals surface area contributed by atoms with E-state index in [1.807, 2.05) is 0 Å². The zero-order valence-corrected chi connectivity index (χ0v) is 12.3. The Kier molecular flexibility index (Phi) is 3.63. The van der Waals surface area contributed by atoms with Gasteiger partial charge in [0.05, 0.1) is 11.5 Å². The largest absolute Gasteiger partial charge is 0.334 e. The first-order valence-electron chi connectivity index (χ1n) is 7.26. The zero-order chi connectivity index (χ0) is 13.3. The van der Waals surface area contributed by atoms with Gasteiger partial charge in [0.1, 0.15) is 0 Å². The van der Waals surface area contributed by atoms with E-state index in [1.165, 1.54) is 4.88 Å². The Labute approximate surface area is 119 Å². The van der Waals surface area contributed by atoms with E-state index in [2.05, 4.69) is 34.7 Å². The van der Waals surface area contributed by atoms with E-state index in [0.29, 0.717) is 11.9 Å². The molecular weight excluding hydrogens is 256 g/mol. The van der Waals surface area contributed by atoms with E-state index in [0.717, 1.165) is 45.3 Å². The summed E-state index contributed by atoms with van der Waals surface area (Å²) in [5.74, 6) is 0.357. The Morgan fingerprint density at radius 2 is 2.42 bits per heavy atom. The zero-order valence-electron chi connectivity index (χ0n) is 11.5. The highest BCUT2D eigenvalue weighted by molar-refractivity contribution is 7.10. The van der Waals surface area contributed by atoms with Crippen LogP contribution in [-0.2, 0) is 4.79 Å². The molecule has 1 aromatic heterocycles. The van der Waals surface area contributed by atoms with Crippen LogP contribution in [0, 0.1) is 5.41 Å². The van der Waals surface area contributed by atoms with Crippen LogP contribution in [0.25, 0.3) is 0 Å². The lowest BCUT2D eigenvalue weighted by Crippen LogP contribution is -2.50. The van der Waals surface area contributed by atoms with Gasteiger partial charge in [0.2, 0.25) is 5.91 Å². The maximum absolute atomic E-state index is 12.9. The molecule has 3 heterocycles. The molecule has 2 aliphatic heterocycles. The quantitative estimate of drug-likeness (QED) is 0.902. The molecular formula is C15H22N2OS. The first-order chi connectivity index (χ1) is 9.21. The highest BCUT2D eigenvalue weighted by Crippen LogP contribution is 2.39. The van der Waals surface area contributed by atoms with Gasteiger partial charge >= 0.3 is 0 Å². The van der Waals surface area contributed by atoms with Crippen molar-refractivity contribution < 1.29 is 4.79 Å². The smallest absolute Gasteiger partial charge is 0.230 e. The molecule has 3 rings (SSSR count). The summed E-state index contributed by atoms with van der Waals surface area (Å²) in [5, 5.41) is 5.50.